The Bertz CT molecular complexity index is 2380. The highest BCUT2D eigenvalue weighted by atomic mass is 15.1. The van der Waals surface area contributed by atoms with Crippen molar-refractivity contribution in [3.05, 3.63) is 166 Å². The van der Waals surface area contributed by atoms with Gasteiger partial charge in [-0.05, 0) is 145 Å². The van der Waals surface area contributed by atoms with Gasteiger partial charge in [0.1, 0.15) is 5.82 Å². The largest absolute Gasteiger partial charge is 0.310 e. The average Bonchev–Trinajstić information content (AvgIpc) is 3.68. The fourth-order valence-electron chi connectivity index (χ4n) is 8.34. The molecule has 0 N–H and O–H groups in total. The number of aliphatic imine (C=N–C) groups is 1. The van der Waals surface area contributed by atoms with Crippen LogP contribution in [0.4, 0.5) is 5.82 Å². The lowest BCUT2D eigenvalue weighted by atomic mass is 9.77. The van der Waals surface area contributed by atoms with Crippen molar-refractivity contribution in [3.8, 4) is 33.6 Å². The molecule has 0 fully saturated rings. The molecule has 3 nitrogen and oxygen atoms in total. The standard InChI is InChI=1S/C53H57N3/c1-9-13-18-49-37(5)38(6)50(19-14-10-2)55(49)45-32-24-41(25-33-45)39-20-28-43(29-21-39)53(7,8)44-30-22-40(23-31-44)42-26-34-46(35-27-42)56-51(16-11-3)47(12-4)48-17-15-36-54-52(48)56/h11,13-14,16,18-36H,9-10,12,15,17H2,1-8H3/b16-11-,18-13-,19-14-. The molecule has 0 unspecified atom stereocenters. The minimum atomic E-state index is -0.145. The second kappa shape index (κ2) is 16.6. The lowest BCUT2D eigenvalue weighted by Crippen LogP contribution is -2.18. The first-order valence-corrected chi connectivity index (χ1v) is 20.6. The zero-order valence-electron chi connectivity index (χ0n) is 34.7. The van der Waals surface area contributed by atoms with Gasteiger partial charge in [-0.15, -0.1) is 0 Å². The maximum Gasteiger partial charge on any atom is 0.140 e. The smallest absolute Gasteiger partial charge is 0.140 e. The van der Waals surface area contributed by atoms with Gasteiger partial charge >= 0.3 is 0 Å². The molecule has 3 heteroatoms. The Morgan fingerprint density at radius 1 is 0.589 bits per heavy atom. The molecule has 4 aromatic carbocycles. The van der Waals surface area contributed by atoms with Crippen LogP contribution < -0.4 is 0 Å². The molecule has 284 valence electrons. The topological polar surface area (TPSA) is 22.2 Å². The third-order valence-corrected chi connectivity index (χ3v) is 11.8. The Morgan fingerprint density at radius 3 is 1.46 bits per heavy atom. The maximum absolute atomic E-state index is 4.88. The molecule has 0 saturated carbocycles. The molecule has 0 amide bonds. The summed E-state index contributed by atoms with van der Waals surface area (Å²) in [6.07, 6.45) is 20.6. The minimum absolute atomic E-state index is 0.145. The predicted molar refractivity (Wildman–Crippen MR) is 243 cm³/mol. The van der Waals surface area contributed by atoms with Crippen LogP contribution in [-0.2, 0) is 18.3 Å². The zero-order chi connectivity index (χ0) is 39.4. The first kappa shape index (κ1) is 38.6. The fraction of sp³-hybridized carbons (Fsp3) is 0.264. The maximum atomic E-state index is 4.88. The van der Waals surface area contributed by atoms with E-state index in [2.05, 4.69) is 204 Å². The average molecular weight is 736 g/mol. The molecule has 1 aliphatic rings. The third kappa shape index (κ3) is 7.23. The van der Waals surface area contributed by atoms with E-state index in [1.807, 2.05) is 0 Å². The van der Waals surface area contributed by atoms with Crippen LogP contribution in [0.15, 0.2) is 120 Å². The van der Waals surface area contributed by atoms with Gasteiger partial charge in [0.05, 0.1) is 5.69 Å². The fourth-order valence-corrected chi connectivity index (χ4v) is 8.34. The van der Waals surface area contributed by atoms with Gasteiger partial charge < -0.3 is 4.57 Å². The minimum Gasteiger partial charge on any atom is -0.310 e. The van der Waals surface area contributed by atoms with Gasteiger partial charge in [0.25, 0.3) is 0 Å². The van der Waals surface area contributed by atoms with Gasteiger partial charge in [-0.25, -0.2) is 4.99 Å². The summed E-state index contributed by atoms with van der Waals surface area (Å²) in [5.41, 5.74) is 18.9. The Balaban J connectivity index is 1.10. The number of fused-ring (bicyclic) bond motifs is 1. The van der Waals surface area contributed by atoms with Gasteiger partial charge in [-0.2, -0.15) is 0 Å². The molecule has 0 bridgehead atoms. The molecular formula is C53H57N3. The van der Waals surface area contributed by atoms with Crippen molar-refractivity contribution in [2.45, 2.75) is 92.9 Å². The normalized spacial score (nSPS) is 13.1. The van der Waals surface area contributed by atoms with Crippen molar-refractivity contribution >= 4 is 30.3 Å². The summed E-state index contributed by atoms with van der Waals surface area (Å²) < 4.78 is 4.75. The number of allylic oxidation sites excluding steroid dienone is 3. The lowest BCUT2D eigenvalue weighted by Gasteiger charge is -2.26. The van der Waals surface area contributed by atoms with E-state index in [-0.39, 0.29) is 5.41 Å². The number of hydrogen-bond acceptors (Lipinski definition) is 1. The third-order valence-electron chi connectivity index (χ3n) is 11.8. The zero-order valence-corrected chi connectivity index (χ0v) is 34.7. The van der Waals surface area contributed by atoms with Crippen molar-refractivity contribution in [1.82, 2.24) is 9.13 Å². The highest BCUT2D eigenvalue weighted by Crippen LogP contribution is 2.39. The quantitative estimate of drug-likeness (QED) is 0.119. The van der Waals surface area contributed by atoms with Crippen LogP contribution in [0, 0.1) is 13.8 Å². The second-order valence-corrected chi connectivity index (χ2v) is 15.6. The molecule has 0 aliphatic carbocycles. The van der Waals surface area contributed by atoms with Gasteiger partial charge in [0.15, 0.2) is 0 Å². The van der Waals surface area contributed by atoms with Crippen molar-refractivity contribution < 1.29 is 0 Å². The summed E-state index contributed by atoms with van der Waals surface area (Å²) in [4.78, 5) is 4.88. The Morgan fingerprint density at radius 2 is 1.04 bits per heavy atom. The van der Waals surface area contributed by atoms with Gasteiger partial charge in [-0.1, -0.05) is 126 Å². The number of nitrogens with zero attached hydrogens (tertiary/aromatic N) is 3. The second-order valence-electron chi connectivity index (χ2n) is 15.6. The molecule has 7 rings (SSSR count). The van der Waals surface area contributed by atoms with Gasteiger partial charge in [0, 0.05) is 40.0 Å². The van der Waals surface area contributed by atoms with Gasteiger partial charge in [0.2, 0.25) is 0 Å². The Labute approximate surface area is 335 Å². The molecule has 56 heavy (non-hydrogen) atoms. The molecular weight excluding hydrogens is 679 g/mol. The summed E-state index contributed by atoms with van der Waals surface area (Å²) in [6.45, 7) is 17.9. The van der Waals surface area contributed by atoms with E-state index in [0.717, 1.165) is 43.6 Å². The highest BCUT2D eigenvalue weighted by Gasteiger charge is 2.24. The summed E-state index contributed by atoms with van der Waals surface area (Å²) in [5, 5.41) is 0. The van der Waals surface area contributed by atoms with Crippen LogP contribution in [0.25, 0.3) is 51.9 Å². The molecule has 6 aromatic rings. The van der Waals surface area contributed by atoms with E-state index < -0.39 is 0 Å². The molecule has 1 aliphatic heterocycles. The van der Waals surface area contributed by atoms with Gasteiger partial charge in [-0.3, -0.25) is 4.57 Å². The summed E-state index contributed by atoms with van der Waals surface area (Å²) >= 11 is 0. The van der Waals surface area contributed by atoms with E-state index in [1.165, 1.54) is 78.4 Å². The molecule has 0 radical (unpaired) electrons. The lowest BCUT2D eigenvalue weighted by molar-refractivity contribution is 0.641. The monoisotopic (exact) mass is 735 g/mol. The number of aromatic nitrogens is 2. The van der Waals surface area contributed by atoms with Crippen LogP contribution in [0.1, 0.15) is 111 Å². The van der Waals surface area contributed by atoms with Crippen molar-refractivity contribution in [1.29, 1.82) is 0 Å². The van der Waals surface area contributed by atoms with E-state index in [1.54, 1.807) is 0 Å². The highest BCUT2D eigenvalue weighted by molar-refractivity contribution is 5.75. The first-order valence-electron chi connectivity index (χ1n) is 20.6. The molecule has 0 spiro atoms. The van der Waals surface area contributed by atoms with Crippen LogP contribution in [0.5, 0.6) is 0 Å². The number of benzene rings is 4. The Hall–Kier alpha value is -5.67. The van der Waals surface area contributed by atoms with Crippen LogP contribution in [0.3, 0.4) is 0 Å². The van der Waals surface area contributed by atoms with Crippen LogP contribution in [-0.4, -0.2) is 15.3 Å². The molecule has 0 atom stereocenters. The first-order chi connectivity index (χ1) is 27.2. The van der Waals surface area contributed by atoms with Crippen molar-refractivity contribution in [2.75, 3.05) is 0 Å². The van der Waals surface area contributed by atoms with E-state index in [0.29, 0.717) is 0 Å². The number of rotatable bonds is 12. The predicted octanol–water partition coefficient (Wildman–Crippen LogP) is 14.6. The van der Waals surface area contributed by atoms with Crippen LogP contribution >= 0.6 is 0 Å². The van der Waals surface area contributed by atoms with E-state index >= 15 is 0 Å². The van der Waals surface area contributed by atoms with E-state index in [4.69, 9.17) is 4.99 Å². The summed E-state index contributed by atoms with van der Waals surface area (Å²) in [7, 11) is 0. The van der Waals surface area contributed by atoms with Crippen LogP contribution in [0.2, 0.25) is 0 Å². The van der Waals surface area contributed by atoms with Crippen molar-refractivity contribution in [2.24, 2.45) is 4.99 Å². The molecule has 3 heterocycles. The molecule has 2 aromatic heterocycles. The van der Waals surface area contributed by atoms with E-state index in [9.17, 15) is 0 Å². The van der Waals surface area contributed by atoms with Crippen molar-refractivity contribution in [3.63, 3.8) is 0 Å². The SMILES string of the molecule is C/C=C\c1c(CC)c2c(n1-c1ccc(-c3ccc(C(C)(C)c4ccc(-c5ccc(-n6c(/C=C\CC)c(C)c(C)c6/C=C\CC)cc5)cc4)cc3)cc1)N=CCC2. The summed E-state index contributed by atoms with van der Waals surface area (Å²) in [5.74, 6) is 1.09. The summed E-state index contributed by atoms with van der Waals surface area (Å²) in [6, 6.07) is 36.3. The Kier molecular flexibility index (Phi) is 11.4. The molecule has 0 saturated heterocycles. The number of hydrogen-bond donors (Lipinski definition) is 0.